The highest BCUT2D eigenvalue weighted by atomic mass is 79.9. The number of aromatic nitrogens is 1. The standard InChI is InChI=1S/C10H8BrNO/c1-12-8-5-3-2-4-7(8)9(13)6-10(12)11/h2-6H,1H3. The third-order valence-electron chi connectivity index (χ3n) is 2.10. The molecule has 66 valence electrons. The Balaban J connectivity index is 3.06. The van der Waals surface area contributed by atoms with Gasteiger partial charge in [0.25, 0.3) is 0 Å². The van der Waals surface area contributed by atoms with E-state index in [2.05, 4.69) is 15.9 Å². The summed E-state index contributed by atoms with van der Waals surface area (Å²) >= 11 is 3.33. The van der Waals surface area contributed by atoms with Crippen LogP contribution in [-0.4, -0.2) is 4.57 Å². The zero-order valence-electron chi connectivity index (χ0n) is 7.12. The van der Waals surface area contributed by atoms with Crippen LogP contribution in [0.15, 0.2) is 39.7 Å². The van der Waals surface area contributed by atoms with Crippen LogP contribution < -0.4 is 5.43 Å². The summed E-state index contributed by atoms with van der Waals surface area (Å²) < 4.78 is 2.74. The van der Waals surface area contributed by atoms with Crippen LogP contribution in [0.1, 0.15) is 0 Å². The van der Waals surface area contributed by atoms with Crippen molar-refractivity contribution in [2.75, 3.05) is 0 Å². The predicted octanol–water partition coefficient (Wildman–Crippen LogP) is 2.30. The molecule has 1 aromatic carbocycles. The second kappa shape index (κ2) is 3.00. The quantitative estimate of drug-likeness (QED) is 0.645. The van der Waals surface area contributed by atoms with Gasteiger partial charge in [0, 0.05) is 18.5 Å². The van der Waals surface area contributed by atoms with E-state index in [0.717, 1.165) is 15.5 Å². The van der Waals surface area contributed by atoms with Crippen LogP contribution in [0.4, 0.5) is 0 Å². The van der Waals surface area contributed by atoms with Gasteiger partial charge in [0.15, 0.2) is 5.43 Å². The van der Waals surface area contributed by atoms with Crippen molar-refractivity contribution in [2.24, 2.45) is 7.05 Å². The van der Waals surface area contributed by atoms with E-state index < -0.39 is 0 Å². The lowest BCUT2D eigenvalue weighted by molar-refractivity contribution is 0.921. The number of benzene rings is 1. The summed E-state index contributed by atoms with van der Waals surface area (Å²) in [4.78, 5) is 11.5. The van der Waals surface area contributed by atoms with Gasteiger partial charge < -0.3 is 4.57 Å². The molecule has 2 nitrogen and oxygen atoms in total. The number of fused-ring (bicyclic) bond motifs is 1. The Bertz CT molecular complexity index is 516. The molecular weight excluding hydrogens is 230 g/mol. The molecule has 0 saturated carbocycles. The monoisotopic (exact) mass is 237 g/mol. The lowest BCUT2D eigenvalue weighted by atomic mass is 10.2. The Labute approximate surface area is 83.9 Å². The van der Waals surface area contributed by atoms with Gasteiger partial charge in [-0.15, -0.1) is 0 Å². The molecule has 0 spiro atoms. The largest absolute Gasteiger partial charge is 0.338 e. The van der Waals surface area contributed by atoms with Crippen molar-refractivity contribution in [3.05, 3.63) is 45.2 Å². The van der Waals surface area contributed by atoms with Crippen LogP contribution in [0, 0.1) is 0 Å². The first kappa shape index (κ1) is 8.51. The molecule has 0 radical (unpaired) electrons. The summed E-state index contributed by atoms with van der Waals surface area (Å²) in [7, 11) is 1.92. The summed E-state index contributed by atoms with van der Waals surface area (Å²) in [5.41, 5.74) is 1.00. The van der Waals surface area contributed by atoms with Crippen LogP contribution in [0.2, 0.25) is 0 Å². The Morgan fingerprint density at radius 2 is 2.00 bits per heavy atom. The third kappa shape index (κ3) is 1.29. The fraction of sp³-hybridized carbons (Fsp3) is 0.100. The summed E-state index contributed by atoms with van der Waals surface area (Å²) in [6.45, 7) is 0. The zero-order chi connectivity index (χ0) is 9.42. The van der Waals surface area contributed by atoms with Crippen LogP contribution >= 0.6 is 15.9 Å². The van der Waals surface area contributed by atoms with Gasteiger partial charge in [-0.25, -0.2) is 0 Å². The topological polar surface area (TPSA) is 22.0 Å². The minimum Gasteiger partial charge on any atom is -0.338 e. The molecule has 0 atom stereocenters. The molecule has 0 N–H and O–H groups in total. The molecule has 0 aliphatic rings. The molecule has 2 aromatic rings. The Morgan fingerprint density at radius 1 is 1.31 bits per heavy atom. The highest BCUT2D eigenvalue weighted by Crippen LogP contribution is 2.14. The average molecular weight is 238 g/mol. The fourth-order valence-electron chi connectivity index (χ4n) is 1.37. The summed E-state index contributed by atoms with van der Waals surface area (Å²) in [6, 6.07) is 9.15. The van der Waals surface area contributed by atoms with E-state index in [4.69, 9.17) is 0 Å². The molecule has 0 bridgehead atoms. The summed E-state index contributed by atoms with van der Waals surface area (Å²) in [5, 5.41) is 0.758. The molecule has 0 aliphatic carbocycles. The van der Waals surface area contributed by atoms with Crippen molar-refractivity contribution in [1.82, 2.24) is 4.57 Å². The predicted molar refractivity (Wildman–Crippen MR) is 56.9 cm³/mol. The molecule has 0 unspecified atom stereocenters. The minimum absolute atomic E-state index is 0.0561. The van der Waals surface area contributed by atoms with Crippen molar-refractivity contribution >= 4 is 26.8 Å². The molecular formula is C10H8BrNO. The van der Waals surface area contributed by atoms with Crippen molar-refractivity contribution in [1.29, 1.82) is 0 Å². The zero-order valence-corrected chi connectivity index (χ0v) is 8.71. The number of nitrogens with zero attached hydrogens (tertiary/aromatic N) is 1. The van der Waals surface area contributed by atoms with Crippen LogP contribution in [0.3, 0.4) is 0 Å². The number of rotatable bonds is 0. The lowest BCUT2D eigenvalue weighted by Gasteiger charge is -2.06. The van der Waals surface area contributed by atoms with Crippen molar-refractivity contribution in [3.63, 3.8) is 0 Å². The van der Waals surface area contributed by atoms with Crippen LogP contribution in [0.5, 0.6) is 0 Å². The van der Waals surface area contributed by atoms with E-state index in [1.54, 1.807) is 6.07 Å². The van der Waals surface area contributed by atoms with E-state index in [1.807, 2.05) is 35.9 Å². The minimum atomic E-state index is 0.0561. The Morgan fingerprint density at radius 3 is 2.77 bits per heavy atom. The van der Waals surface area contributed by atoms with E-state index >= 15 is 0 Å². The lowest BCUT2D eigenvalue weighted by Crippen LogP contribution is -2.06. The maximum atomic E-state index is 11.5. The van der Waals surface area contributed by atoms with Gasteiger partial charge in [0.2, 0.25) is 0 Å². The molecule has 1 aromatic heterocycles. The first-order valence-corrected chi connectivity index (χ1v) is 4.74. The number of halogens is 1. The van der Waals surface area contributed by atoms with Gasteiger partial charge in [0.05, 0.1) is 10.1 Å². The van der Waals surface area contributed by atoms with Gasteiger partial charge in [-0.2, -0.15) is 0 Å². The number of hydrogen-bond donors (Lipinski definition) is 0. The van der Waals surface area contributed by atoms with Crippen LogP contribution in [-0.2, 0) is 7.05 Å². The Hall–Kier alpha value is -1.09. The second-order valence-corrected chi connectivity index (χ2v) is 3.72. The van der Waals surface area contributed by atoms with Crippen molar-refractivity contribution in [2.45, 2.75) is 0 Å². The summed E-state index contributed by atoms with van der Waals surface area (Å²) in [6.07, 6.45) is 0. The fourth-order valence-corrected chi connectivity index (χ4v) is 1.77. The van der Waals surface area contributed by atoms with Gasteiger partial charge in [-0.05, 0) is 28.1 Å². The highest BCUT2D eigenvalue weighted by molar-refractivity contribution is 9.10. The number of para-hydroxylation sites is 1. The molecule has 0 amide bonds. The number of aryl methyl sites for hydroxylation is 1. The first-order chi connectivity index (χ1) is 6.20. The van der Waals surface area contributed by atoms with E-state index in [1.165, 1.54) is 0 Å². The second-order valence-electron chi connectivity index (χ2n) is 2.91. The van der Waals surface area contributed by atoms with E-state index in [-0.39, 0.29) is 5.43 Å². The molecule has 1 heterocycles. The summed E-state index contributed by atoms with van der Waals surface area (Å²) in [5.74, 6) is 0. The van der Waals surface area contributed by atoms with Gasteiger partial charge in [0.1, 0.15) is 0 Å². The van der Waals surface area contributed by atoms with E-state index in [9.17, 15) is 4.79 Å². The maximum absolute atomic E-state index is 11.5. The van der Waals surface area contributed by atoms with Crippen LogP contribution in [0.25, 0.3) is 10.9 Å². The van der Waals surface area contributed by atoms with Gasteiger partial charge in [-0.3, -0.25) is 4.79 Å². The first-order valence-electron chi connectivity index (χ1n) is 3.94. The molecule has 0 fully saturated rings. The third-order valence-corrected chi connectivity index (χ3v) is 2.86. The van der Waals surface area contributed by atoms with Crippen molar-refractivity contribution < 1.29 is 0 Å². The number of hydrogen-bond acceptors (Lipinski definition) is 1. The smallest absolute Gasteiger partial charge is 0.190 e. The molecule has 3 heteroatoms. The average Bonchev–Trinajstić information content (AvgIpc) is 2.15. The Kier molecular flexibility index (Phi) is 1.96. The van der Waals surface area contributed by atoms with E-state index in [0.29, 0.717) is 0 Å². The maximum Gasteiger partial charge on any atom is 0.190 e. The van der Waals surface area contributed by atoms with Crippen molar-refractivity contribution in [3.8, 4) is 0 Å². The SMILES string of the molecule is Cn1c(Br)cc(=O)c2ccccc21. The number of pyridine rings is 1. The van der Waals surface area contributed by atoms with Gasteiger partial charge in [-0.1, -0.05) is 12.1 Å². The molecule has 13 heavy (non-hydrogen) atoms. The molecule has 0 saturated heterocycles. The molecule has 0 aliphatic heterocycles. The molecule has 2 rings (SSSR count). The van der Waals surface area contributed by atoms with Gasteiger partial charge >= 0.3 is 0 Å². The normalized spacial score (nSPS) is 10.6. The highest BCUT2D eigenvalue weighted by Gasteiger charge is 2.02.